The first kappa shape index (κ1) is 19.2. The lowest BCUT2D eigenvalue weighted by molar-refractivity contribution is 0.708. The molecule has 0 saturated carbocycles. The normalized spacial score (nSPS) is 17.1. The molecule has 0 unspecified atom stereocenters. The molecule has 0 bridgehead atoms. The molecule has 1 aliphatic heterocycles. The maximum Gasteiger partial charge on any atom is 0.287 e. The van der Waals surface area contributed by atoms with Crippen molar-refractivity contribution in [2.24, 2.45) is 0 Å². The van der Waals surface area contributed by atoms with Gasteiger partial charge in [0.25, 0.3) is 30.2 Å². The van der Waals surface area contributed by atoms with Crippen LogP contribution in [0.4, 0.5) is 0 Å². The first-order chi connectivity index (χ1) is 9.90. The molecule has 0 aromatic heterocycles. The van der Waals surface area contributed by atoms with Gasteiger partial charge in [0.05, 0.1) is 0 Å². The first-order valence-electron chi connectivity index (χ1n) is 7.66. The van der Waals surface area contributed by atoms with E-state index >= 15 is 0 Å². The van der Waals surface area contributed by atoms with Gasteiger partial charge in [-0.1, -0.05) is 41.5 Å². The van der Waals surface area contributed by atoms with Crippen LogP contribution in [0, 0.1) is 0 Å². The van der Waals surface area contributed by atoms with E-state index in [1.54, 1.807) is 0 Å². The maximum absolute atomic E-state index is 3.38. The van der Waals surface area contributed by atoms with E-state index in [2.05, 4.69) is 78.9 Å². The average molecular weight is 282 g/mol. The number of nitrogens with one attached hydrogen (secondary N) is 4. The van der Waals surface area contributed by atoms with Crippen molar-refractivity contribution in [3.63, 3.8) is 0 Å². The Balaban J connectivity index is 2.60. The zero-order valence-electron chi connectivity index (χ0n) is 14.1. The predicted octanol–water partition coefficient (Wildman–Crippen LogP) is -2.07. The Morgan fingerprint density at radius 3 is 1.62 bits per heavy atom. The summed E-state index contributed by atoms with van der Waals surface area (Å²) in [6, 6.07) is 1.20. The fourth-order valence-corrected chi connectivity index (χ4v) is 1.66. The summed E-state index contributed by atoms with van der Waals surface area (Å²) in [4.78, 5) is 0. The van der Waals surface area contributed by atoms with Gasteiger partial charge in [-0.05, 0) is 18.1 Å². The lowest BCUT2D eigenvalue weighted by Crippen LogP contribution is -2.75. The highest BCUT2D eigenvalue weighted by Crippen LogP contribution is 1.99. The van der Waals surface area contributed by atoms with Crippen molar-refractivity contribution in [2.45, 2.75) is 59.7 Å². The highest BCUT2D eigenvalue weighted by atomic mass is 15.2. The van der Waals surface area contributed by atoms with Crippen LogP contribution in [0.3, 0.4) is 0 Å². The molecule has 1 rings (SSSR count). The molecule has 4 N–H and O–H groups in total. The van der Waals surface area contributed by atoms with Crippen molar-refractivity contribution in [2.75, 3.05) is 0 Å². The minimum absolute atomic E-state index is 0.0612. The summed E-state index contributed by atoms with van der Waals surface area (Å²) in [5, 5.41) is 13.2. The van der Waals surface area contributed by atoms with E-state index in [1.165, 1.54) is 0 Å². The number of hydrogen-bond donors (Lipinski definition) is 4. The monoisotopic (exact) mass is 283 g/mol. The SMILES string of the molecule is CC(C)N[B]B1N([B]NC(C)C)[B]N[B]N1[B]NC(C)C. The Hall–Kier alpha value is 0.150. The molecule has 12 heteroatoms. The molecule has 0 spiro atoms. The van der Waals surface area contributed by atoms with Crippen LogP contribution in [-0.4, -0.2) is 71.8 Å². The van der Waals surface area contributed by atoms with Crippen LogP contribution in [0.1, 0.15) is 41.5 Å². The molecule has 1 fully saturated rings. The summed E-state index contributed by atoms with van der Waals surface area (Å²) in [5.41, 5.74) is 0. The van der Waals surface area contributed by atoms with Gasteiger partial charge in [0.1, 0.15) is 0 Å². The molecule has 1 heterocycles. The molecule has 0 atom stereocenters. The van der Waals surface area contributed by atoms with Crippen molar-refractivity contribution in [3.8, 4) is 0 Å². The third-order valence-corrected chi connectivity index (χ3v) is 2.75. The van der Waals surface area contributed by atoms with Gasteiger partial charge in [0.15, 0.2) is 0 Å². The maximum atomic E-state index is 3.38. The molecule has 1 aliphatic rings. The average Bonchev–Trinajstić information content (AvgIpc) is 2.40. The molecule has 5 radical (unpaired) electrons. The summed E-state index contributed by atoms with van der Waals surface area (Å²) < 4.78 is 4.18. The highest BCUT2D eigenvalue weighted by Gasteiger charge is 2.35. The molecule has 109 valence electrons. The van der Waals surface area contributed by atoms with E-state index in [9.17, 15) is 0 Å². The van der Waals surface area contributed by atoms with Crippen LogP contribution < -0.4 is 20.8 Å². The fraction of sp³-hybridized carbons (Fsp3) is 1.00. The molecule has 21 heavy (non-hydrogen) atoms. The molecule has 0 aromatic carbocycles. The summed E-state index contributed by atoms with van der Waals surface area (Å²) in [6.45, 7) is 12.8. The molecular weight excluding hydrogens is 257 g/mol. The van der Waals surface area contributed by atoms with Gasteiger partial charge in [0.2, 0.25) is 14.2 Å². The zero-order chi connectivity index (χ0) is 15.8. The van der Waals surface area contributed by atoms with Crippen molar-refractivity contribution in [3.05, 3.63) is 0 Å². The van der Waals surface area contributed by atoms with Crippen molar-refractivity contribution < 1.29 is 0 Å². The third kappa shape index (κ3) is 7.81. The minimum atomic E-state index is 0.0612. The van der Waals surface area contributed by atoms with Crippen molar-refractivity contribution in [1.29, 1.82) is 0 Å². The Labute approximate surface area is 134 Å². The molecule has 6 nitrogen and oxygen atoms in total. The van der Waals surface area contributed by atoms with Gasteiger partial charge < -0.3 is 30.1 Å². The quantitative estimate of drug-likeness (QED) is 0.365. The van der Waals surface area contributed by atoms with Crippen LogP contribution in [0.5, 0.6) is 0 Å². The Morgan fingerprint density at radius 1 is 0.810 bits per heavy atom. The molecule has 0 aliphatic carbocycles. The minimum Gasteiger partial charge on any atom is -0.400 e. The van der Waals surface area contributed by atoms with Crippen molar-refractivity contribution >= 4 is 44.4 Å². The van der Waals surface area contributed by atoms with Crippen LogP contribution in [-0.2, 0) is 0 Å². The number of rotatable bonds is 9. The Bertz CT molecular complexity index is 263. The van der Waals surface area contributed by atoms with Gasteiger partial charge in [-0.25, -0.2) is 0 Å². The van der Waals surface area contributed by atoms with Gasteiger partial charge >= 0.3 is 0 Å². The largest absolute Gasteiger partial charge is 0.400 e. The standard InChI is InChI=1S/C9H25B6N6/c1-7(2)16-10-15-20(11-17-8(3)4)13-19-14-21(15)12-18-9(5)6/h7-9,16-19H,1-6H3. The van der Waals surface area contributed by atoms with E-state index in [1.807, 2.05) is 30.2 Å². The van der Waals surface area contributed by atoms with Gasteiger partial charge in [-0.3, -0.25) is 0 Å². The summed E-state index contributed by atoms with van der Waals surface area (Å²) in [5.74, 6) is 0. The highest BCUT2D eigenvalue weighted by molar-refractivity contribution is 7.17. The zero-order valence-corrected chi connectivity index (χ0v) is 14.1. The first-order valence-corrected chi connectivity index (χ1v) is 7.66. The predicted molar refractivity (Wildman–Crippen MR) is 96.2 cm³/mol. The van der Waals surface area contributed by atoms with Gasteiger partial charge in [-0.2, -0.15) is 0 Å². The third-order valence-electron chi connectivity index (χ3n) is 2.75. The summed E-state index contributed by atoms with van der Waals surface area (Å²) >= 11 is 0. The fourth-order valence-electron chi connectivity index (χ4n) is 1.66. The number of hydrogen-bond acceptors (Lipinski definition) is 6. The van der Waals surface area contributed by atoms with Gasteiger partial charge in [-0.15, -0.1) is 0 Å². The van der Waals surface area contributed by atoms with Crippen LogP contribution in [0.25, 0.3) is 0 Å². The Morgan fingerprint density at radius 2 is 1.24 bits per heavy atom. The second-order valence-electron chi connectivity index (χ2n) is 6.12. The molecule has 0 amide bonds. The second-order valence-corrected chi connectivity index (χ2v) is 6.12. The molecule has 1 saturated heterocycles. The van der Waals surface area contributed by atoms with Crippen molar-refractivity contribution in [1.82, 2.24) is 30.1 Å². The molecular formula is C9H25B6N6. The van der Waals surface area contributed by atoms with E-state index in [0.29, 0.717) is 18.1 Å². The second kappa shape index (κ2) is 10.0. The smallest absolute Gasteiger partial charge is 0.287 e. The van der Waals surface area contributed by atoms with E-state index in [4.69, 9.17) is 0 Å². The topological polar surface area (TPSA) is 54.6 Å². The summed E-state index contributed by atoms with van der Waals surface area (Å²) in [7, 11) is 9.96. The lowest BCUT2D eigenvalue weighted by atomic mass is 9.33. The summed E-state index contributed by atoms with van der Waals surface area (Å²) in [6.07, 6.45) is 0. The van der Waals surface area contributed by atoms with E-state index in [-0.39, 0.29) is 6.87 Å². The van der Waals surface area contributed by atoms with Crippen LogP contribution >= 0.6 is 0 Å². The lowest BCUT2D eigenvalue weighted by Gasteiger charge is -2.42. The van der Waals surface area contributed by atoms with E-state index < -0.39 is 0 Å². The van der Waals surface area contributed by atoms with Crippen LogP contribution in [0.15, 0.2) is 0 Å². The number of nitrogens with zero attached hydrogens (tertiary/aromatic N) is 2. The molecule has 0 aromatic rings. The van der Waals surface area contributed by atoms with E-state index in [0.717, 1.165) is 0 Å². The Kier molecular flexibility index (Phi) is 9.16. The van der Waals surface area contributed by atoms with Gasteiger partial charge in [0, 0.05) is 0 Å². The van der Waals surface area contributed by atoms with Crippen LogP contribution in [0.2, 0.25) is 0 Å².